The van der Waals surface area contributed by atoms with Crippen LogP contribution < -0.4 is 0 Å². The third kappa shape index (κ3) is 4.43. The van der Waals surface area contributed by atoms with Gasteiger partial charge in [-0.2, -0.15) is 0 Å². The highest BCUT2D eigenvalue weighted by Crippen LogP contribution is 2.25. The molecule has 1 aromatic carbocycles. The van der Waals surface area contributed by atoms with Crippen LogP contribution in [0.5, 0.6) is 0 Å². The van der Waals surface area contributed by atoms with Crippen molar-refractivity contribution in [1.82, 2.24) is 0 Å². The maximum absolute atomic E-state index is 11.2. The van der Waals surface area contributed by atoms with E-state index in [1.807, 2.05) is 6.92 Å². The van der Waals surface area contributed by atoms with E-state index in [1.165, 1.54) is 34.6 Å². The normalized spacial score (nSPS) is 12.5. The zero-order valence-corrected chi connectivity index (χ0v) is 12.3. The lowest BCUT2D eigenvalue weighted by Crippen LogP contribution is -2.03. The maximum Gasteiger partial charge on any atom is 0.333 e. The summed E-state index contributed by atoms with van der Waals surface area (Å²) < 4.78 is 10.4. The Morgan fingerprint density at radius 3 is 2.37 bits per heavy atom. The zero-order chi connectivity index (χ0) is 14.4. The van der Waals surface area contributed by atoms with Gasteiger partial charge in [0.1, 0.15) is 6.10 Å². The van der Waals surface area contributed by atoms with Gasteiger partial charge >= 0.3 is 5.97 Å². The van der Waals surface area contributed by atoms with E-state index in [-0.39, 0.29) is 12.1 Å². The summed E-state index contributed by atoms with van der Waals surface area (Å²) in [4.78, 5) is 11.2. The Kier molecular flexibility index (Phi) is 5.61. The Hall–Kier alpha value is -1.77. The minimum Gasteiger partial charge on any atom is -0.493 e. The van der Waals surface area contributed by atoms with Crippen molar-refractivity contribution in [2.45, 2.75) is 40.7 Å². The second-order valence-electron chi connectivity index (χ2n) is 4.65. The van der Waals surface area contributed by atoms with Crippen LogP contribution in [0, 0.1) is 20.8 Å². The van der Waals surface area contributed by atoms with Crippen molar-refractivity contribution in [1.29, 1.82) is 0 Å². The number of carbonyl (C=O) groups is 1. The number of aryl methyl sites for hydroxylation is 3. The summed E-state index contributed by atoms with van der Waals surface area (Å²) in [5.74, 6) is -0.382. The summed E-state index contributed by atoms with van der Waals surface area (Å²) in [5, 5.41) is 0. The van der Waals surface area contributed by atoms with Crippen LogP contribution in [-0.2, 0) is 14.3 Å². The van der Waals surface area contributed by atoms with Gasteiger partial charge in [0.15, 0.2) is 0 Å². The second kappa shape index (κ2) is 6.98. The fourth-order valence-electron chi connectivity index (χ4n) is 2.30. The van der Waals surface area contributed by atoms with Crippen LogP contribution in [0.2, 0.25) is 0 Å². The molecule has 1 atom stereocenters. The monoisotopic (exact) mass is 262 g/mol. The van der Waals surface area contributed by atoms with Crippen molar-refractivity contribution in [3.05, 3.63) is 46.7 Å². The van der Waals surface area contributed by atoms with Crippen LogP contribution in [0.4, 0.5) is 0 Å². The molecule has 0 unspecified atom stereocenters. The first-order chi connectivity index (χ1) is 8.95. The molecule has 0 aliphatic rings. The van der Waals surface area contributed by atoms with E-state index >= 15 is 0 Å². The minimum absolute atomic E-state index is 0.0914. The molecule has 0 fully saturated rings. The summed E-state index contributed by atoms with van der Waals surface area (Å²) in [7, 11) is 0. The Labute approximate surface area is 115 Å². The first kappa shape index (κ1) is 15.3. The van der Waals surface area contributed by atoms with Crippen LogP contribution in [0.25, 0.3) is 0 Å². The van der Waals surface area contributed by atoms with Gasteiger partial charge in [-0.05, 0) is 51.3 Å². The molecule has 0 aromatic heterocycles. The van der Waals surface area contributed by atoms with Crippen LogP contribution in [0.15, 0.2) is 24.5 Å². The number of rotatable bonds is 5. The average Bonchev–Trinajstić information content (AvgIpc) is 2.27. The van der Waals surface area contributed by atoms with E-state index in [4.69, 9.17) is 9.47 Å². The van der Waals surface area contributed by atoms with Gasteiger partial charge in [0, 0.05) is 0 Å². The van der Waals surface area contributed by atoms with Gasteiger partial charge in [0.25, 0.3) is 0 Å². The number of hydrogen-bond donors (Lipinski definition) is 0. The third-order valence-corrected chi connectivity index (χ3v) is 2.92. The fourth-order valence-corrected chi connectivity index (χ4v) is 2.30. The summed E-state index contributed by atoms with van der Waals surface area (Å²) in [5.41, 5.74) is 4.82. The number of carbonyl (C=O) groups excluding carboxylic acids is 1. The van der Waals surface area contributed by atoms with Crippen molar-refractivity contribution in [3.8, 4) is 0 Å². The number of ether oxygens (including phenoxy) is 2. The molecule has 0 N–H and O–H groups in total. The highest BCUT2D eigenvalue weighted by atomic mass is 16.5. The molecule has 0 amide bonds. The molecule has 3 heteroatoms. The molecule has 0 aliphatic carbocycles. The molecule has 104 valence electrons. The van der Waals surface area contributed by atoms with E-state index in [2.05, 4.69) is 32.9 Å². The van der Waals surface area contributed by atoms with Gasteiger partial charge in [-0.1, -0.05) is 17.7 Å². The van der Waals surface area contributed by atoms with Crippen molar-refractivity contribution >= 4 is 5.97 Å². The highest BCUT2D eigenvalue weighted by molar-refractivity contribution is 5.81. The van der Waals surface area contributed by atoms with E-state index in [0.29, 0.717) is 6.61 Å². The van der Waals surface area contributed by atoms with E-state index in [1.54, 1.807) is 6.92 Å². The van der Waals surface area contributed by atoms with Gasteiger partial charge in [-0.3, -0.25) is 0 Å². The molecule has 1 rings (SSSR count). The van der Waals surface area contributed by atoms with E-state index in [0.717, 1.165) is 0 Å². The molecule has 0 aliphatic heterocycles. The summed E-state index contributed by atoms with van der Waals surface area (Å²) in [6, 6.07) is 4.27. The predicted octanol–water partition coefficient (Wildman–Crippen LogP) is 3.77. The van der Waals surface area contributed by atoms with E-state index < -0.39 is 0 Å². The number of esters is 1. The van der Waals surface area contributed by atoms with Crippen molar-refractivity contribution < 1.29 is 14.3 Å². The molecule has 3 nitrogen and oxygen atoms in total. The van der Waals surface area contributed by atoms with Crippen LogP contribution in [-0.4, -0.2) is 12.6 Å². The SMILES string of the molecule is CCOC(=O)/C=C/O[C@H](C)c1c(C)cc(C)cc1C. The van der Waals surface area contributed by atoms with Crippen molar-refractivity contribution in [2.75, 3.05) is 6.61 Å². The summed E-state index contributed by atoms with van der Waals surface area (Å²) in [6.45, 7) is 10.3. The smallest absolute Gasteiger partial charge is 0.333 e. The summed E-state index contributed by atoms with van der Waals surface area (Å²) >= 11 is 0. The van der Waals surface area contributed by atoms with E-state index in [9.17, 15) is 4.79 Å². The van der Waals surface area contributed by atoms with Gasteiger partial charge in [-0.15, -0.1) is 0 Å². The number of benzene rings is 1. The molecule has 0 saturated heterocycles. The standard InChI is InChI=1S/C16H22O3/c1-6-18-15(17)7-8-19-14(5)16-12(3)9-11(2)10-13(16)4/h7-10,14H,6H2,1-5H3/b8-7+/t14-/m1/s1. The Balaban J connectivity index is 2.74. The fraction of sp³-hybridized carbons (Fsp3) is 0.438. The average molecular weight is 262 g/mol. The first-order valence-corrected chi connectivity index (χ1v) is 6.52. The quantitative estimate of drug-likeness (QED) is 0.460. The lowest BCUT2D eigenvalue weighted by atomic mass is 9.96. The molecular weight excluding hydrogens is 240 g/mol. The molecule has 0 spiro atoms. The molecule has 0 saturated carbocycles. The molecule has 0 heterocycles. The van der Waals surface area contributed by atoms with Crippen LogP contribution in [0.3, 0.4) is 0 Å². The second-order valence-corrected chi connectivity index (χ2v) is 4.65. The molecule has 0 bridgehead atoms. The van der Waals surface area contributed by atoms with Gasteiger partial charge < -0.3 is 9.47 Å². The largest absolute Gasteiger partial charge is 0.493 e. The maximum atomic E-state index is 11.2. The van der Waals surface area contributed by atoms with Crippen molar-refractivity contribution in [2.24, 2.45) is 0 Å². The first-order valence-electron chi connectivity index (χ1n) is 6.52. The molecule has 0 radical (unpaired) electrons. The van der Waals surface area contributed by atoms with Gasteiger partial charge in [0.05, 0.1) is 18.9 Å². The third-order valence-electron chi connectivity index (χ3n) is 2.92. The lowest BCUT2D eigenvalue weighted by molar-refractivity contribution is -0.137. The topological polar surface area (TPSA) is 35.5 Å². The Morgan fingerprint density at radius 2 is 1.84 bits per heavy atom. The zero-order valence-electron chi connectivity index (χ0n) is 12.3. The lowest BCUT2D eigenvalue weighted by Gasteiger charge is -2.18. The molecule has 1 aromatic rings. The molecule has 19 heavy (non-hydrogen) atoms. The van der Waals surface area contributed by atoms with Gasteiger partial charge in [0.2, 0.25) is 0 Å². The Morgan fingerprint density at radius 1 is 1.26 bits per heavy atom. The highest BCUT2D eigenvalue weighted by Gasteiger charge is 2.12. The van der Waals surface area contributed by atoms with Crippen LogP contribution in [0.1, 0.15) is 42.2 Å². The molecular formula is C16H22O3. The predicted molar refractivity (Wildman–Crippen MR) is 75.9 cm³/mol. The van der Waals surface area contributed by atoms with Crippen LogP contribution >= 0.6 is 0 Å². The summed E-state index contributed by atoms with van der Waals surface area (Å²) in [6.07, 6.45) is 2.62. The Bertz CT molecular complexity index is 452. The van der Waals surface area contributed by atoms with Crippen molar-refractivity contribution in [3.63, 3.8) is 0 Å². The minimum atomic E-state index is -0.382. The number of hydrogen-bond acceptors (Lipinski definition) is 3. The van der Waals surface area contributed by atoms with Gasteiger partial charge in [-0.25, -0.2) is 4.79 Å².